The molecule has 2 N–H and O–H groups in total. The van der Waals surface area contributed by atoms with Crippen LogP contribution in [-0.2, 0) is 6.42 Å². The molecule has 12 heavy (non-hydrogen) atoms. The van der Waals surface area contributed by atoms with E-state index in [0.717, 1.165) is 21.5 Å². The molecule has 3 heteroatoms. The van der Waals surface area contributed by atoms with Crippen molar-refractivity contribution in [3.05, 3.63) is 33.3 Å². The Kier molecular flexibility index (Phi) is 3.56. The molecule has 0 heterocycles. The van der Waals surface area contributed by atoms with Gasteiger partial charge in [0.2, 0.25) is 0 Å². The molecule has 66 valence electrons. The van der Waals surface area contributed by atoms with Crippen molar-refractivity contribution in [2.24, 2.45) is 5.73 Å². The Morgan fingerprint density at radius 3 is 2.75 bits per heavy atom. The van der Waals surface area contributed by atoms with Crippen molar-refractivity contribution >= 4 is 27.5 Å². The van der Waals surface area contributed by atoms with Crippen LogP contribution in [0.4, 0.5) is 0 Å². The topological polar surface area (TPSA) is 26.0 Å². The van der Waals surface area contributed by atoms with Crippen molar-refractivity contribution in [2.45, 2.75) is 19.4 Å². The van der Waals surface area contributed by atoms with Crippen LogP contribution >= 0.6 is 27.5 Å². The summed E-state index contributed by atoms with van der Waals surface area (Å²) < 4.78 is 1.00. The minimum absolute atomic E-state index is 0.156. The fourth-order valence-corrected chi connectivity index (χ4v) is 1.78. The van der Waals surface area contributed by atoms with Crippen LogP contribution in [0.15, 0.2) is 22.7 Å². The van der Waals surface area contributed by atoms with Crippen LogP contribution in [0.1, 0.15) is 12.5 Å². The van der Waals surface area contributed by atoms with Gasteiger partial charge in [-0.05, 0) is 31.0 Å². The van der Waals surface area contributed by atoms with Crippen molar-refractivity contribution in [1.29, 1.82) is 0 Å². The van der Waals surface area contributed by atoms with Gasteiger partial charge in [0.25, 0.3) is 0 Å². The third kappa shape index (κ3) is 2.77. The van der Waals surface area contributed by atoms with Gasteiger partial charge in [-0.15, -0.1) is 0 Å². The zero-order valence-electron chi connectivity index (χ0n) is 6.85. The van der Waals surface area contributed by atoms with Gasteiger partial charge < -0.3 is 5.73 Å². The molecular weight excluding hydrogens is 237 g/mol. The fraction of sp³-hybridized carbons (Fsp3) is 0.333. The molecule has 0 aliphatic rings. The summed E-state index contributed by atoms with van der Waals surface area (Å²) in [6.07, 6.45) is 0.826. The highest BCUT2D eigenvalue weighted by Crippen LogP contribution is 2.21. The molecule has 1 aromatic carbocycles. The third-order valence-electron chi connectivity index (χ3n) is 1.56. The Balaban J connectivity index is 2.86. The molecule has 0 unspecified atom stereocenters. The number of rotatable bonds is 2. The average molecular weight is 249 g/mol. The lowest BCUT2D eigenvalue weighted by Gasteiger charge is -2.07. The molecule has 0 amide bonds. The van der Waals surface area contributed by atoms with Crippen molar-refractivity contribution in [3.8, 4) is 0 Å². The van der Waals surface area contributed by atoms with Crippen molar-refractivity contribution in [2.75, 3.05) is 0 Å². The molecule has 0 bridgehead atoms. The Morgan fingerprint density at radius 1 is 1.58 bits per heavy atom. The molecule has 0 saturated heterocycles. The molecular formula is C9H11BrClN. The van der Waals surface area contributed by atoms with E-state index in [1.54, 1.807) is 0 Å². The smallest absolute Gasteiger partial charge is 0.0449 e. The molecule has 0 fully saturated rings. The summed E-state index contributed by atoms with van der Waals surface area (Å²) in [5.74, 6) is 0. The highest BCUT2D eigenvalue weighted by molar-refractivity contribution is 9.10. The average Bonchev–Trinajstić information content (AvgIpc) is 1.94. The summed E-state index contributed by atoms with van der Waals surface area (Å²) in [6.45, 7) is 1.97. The molecule has 0 saturated carbocycles. The van der Waals surface area contributed by atoms with Gasteiger partial charge in [0, 0.05) is 15.5 Å². The standard InChI is InChI=1S/C9H11BrClN/c1-6(12)4-7-2-3-8(10)5-9(7)11/h2-3,5-6H,4,12H2,1H3/t6-/m1/s1. The van der Waals surface area contributed by atoms with Crippen LogP contribution in [-0.4, -0.2) is 6.04 Å². The number of halogens is 2. The minimum atomic E-state index is 0.156. The van der Waals surface area contributed by atoms with Crippen molar-refractivity contribution in [3.63, 3.8) is 0 Å². The summed E-state index contributed by atoms with van der Waals surface area (Å²) in [6, 6.07) is 6.02. The summed E-state index contributed by atoms with van der Waals surface area (Å²) in [5.41, 5.74) is 6.77. The number of hydrogen-bond donors (Lipinski definition) is 1. The van der Waals surface area contributed by atoms with Crippen LogP contribution < -0.4 is 5.73 Å². The monoisotopic (exact) mass is 247 g/mol. The zero-order valence-corrected chi connectivity index (χ0v) is 9.19. The molecule has 0 aromatic heterocycles. The van der Waals surface area contributed by atoms with Crippen LogP contribution in [0.5, 0.6) is 0 Å². The largest absolute Gasteiger partial charge is 0.328 e. The van der Waals surface area contributed by atoms with Crippen molar-refractivity contribution < 1.29 is 0 Å². The molecule has 0 aliphatic carbocycles. The van der Waals surface area contributed by atoms with Gasteiger partial charge in [0.1, 0.15) is 0 Å². The lowest BCUT2D eigenvalue weighted by molar-refractivity contribution is 0.738. The van der Waals surface area contributed by atoms with Crippen molar-refractivity contribution in [1.82, 2.24) is 0 Å². The fourth-order valence-electron chi connectivity index (χ4n) is 1.03. The summed E-state index contributed by atoms with van der Waals surface area (Å²) in [7, 11) is 0. The number of benzene rings is 1. The van der Waals surface area contributed by atoms with Crippen LogP contribution in [0.2, 0.25) is 5.02 Å². The molecule has 0 spiro atoms. The van der Waals surface area contributed by atoms with Crippen LogP contribution in [0, 0.1) is 0 Å². The first-order chi connectivity index (χ1) is 5.59. The number of nitrogens with two attached hydrogens (primary N) is 1. The lowest BCUT2D eigenvalue weighted by Crippen LogP contribution is -2.17. The summed E-state index contributed by atoms with van der Waals surface area (Å²) in [5, 5.41) is 0.779. The molecule has 1 aromatic rings. The second-order valence-corrected chi connectivity index (χ2v) is 4.24. The molecule has 0 radical (unpaired) electrons. The molecule has 1 atom stereocenters. The van der Waals surface area contributed by atoms with E-state index < -0.39 is 0 Å². The highest BCUT2D eigenvalue weighted by atomic mass is 79.9. The maximum Gasteiger partial charge on any atom is 0.0449 e. The second kappa shape index (κ2) is 4.26. The normalized spacial score (nSPS) is 13.0. The number of hydrogen-bond acceptors (Lipinski definition) is 1. The van der Waals surface area contributed by atoms with Gasteiger partial charge in [0.15, 0.2) is 0 Å². The van der Waals surface area contributed by atoms with Gasteiger partial charge in [-0.25, -0.2) is 0 Å². The molecule has 1 nitrogen and oxygen atoms in total. The predicted molar refractivity (Wildman–Crippen MR) is 56.5 cm³/mol. The maximum atomic E-state index is 5.99. The van der Waals surface area contributed by atoms with E-state index in [0.29, 0.717) is 0 Å². The first kappa shape index (κ1) is 10.0. The van der Waals surface area contributed by atoms with Gasteiger partial charge in [0.05, 0.1) is 0 Å². The molecule has 1 rings (SSSR count). The lowest BCUT2D eigenvalue weighted by atomic mass is 10.1. The van der Waals surface area contributed by atoms with E-state index in [4.69, 9.17) is 17.3 Å². The van der Waals surface area contributed by atoms with Gasteiger partial charge >= 0.3 is 0 Å². The first-order valence-corrected chi connectivity index (χ1v) is 4.96. The zero-order chi connectivity index (χ0) is 9.14. The van der Waals surface area contributed by atoms with E-state index in [-0.39, 0.29) is 6.04 Å². The second-order valence-electron chi connectivity index (χ2n) is 2.92. The van der Waals surface area contributed by atoms with Crippen LogP contribution in [0.25, 0.3) is 0 Å². The SMILES string of the molecule is C[C@@H](N)Cc1ccc(Br)cc1Cl. The minimum Gasteiger partial charge on any atom is -0.328 e. The van der Waals surface area contributed by atoms with Gasteiger partial charge in [-0.3, -0.25) is 0 Å². The quantitative estimate of drug-likeness (QED) is 0.855. The van der Waals surface area contributed by atoms with Gasteiger partial charge in [-0.1, -0.05) is 33.6 Å². The Morgan fingerprint density at radius 2 is 2.25 bits per heavy atom. The van der Waals surface area contributed by atoms with E-state index in [2.05, 4.69) is 15.9 Å². The molecule has 0 aliphatic heterocycles. The van der Waals surface area contributed by atoms with E-state index in [9.17, 15) is 0 Å². The van der Waals surface area contributed by atoms with E-state index in [1.165, 1.54) is 0 Å². The Bertz CT molecular complexity index is 273. The highest BCUT2D eigenvalue weighted by Gasteiger charge is 2.02. The summed E-state index contributed by atoms with van der Waals surface area (Å²) in [4.78, 5) is 0. The van der Waals surface area contributed by atoms with Crippen LogP contribution in [0.3, 0.4) is 0 Å². The maximum absolute atomic E-state index is 5.99. The Hall–Kier alpha value is -0.0500. The first-order valence-electron chi connectivity index (χ1n) is 3.79. The van der Waals surface area contributed by atoms with E-state index >= 15 is 0 Å². The van der Waals surface area contributed by atoms with Gasteiger partial charge in [-0.2, -0.15) is 0 Å². The Labute approximate surface area is 86.0 Å². The predicted octanol–water partition coefficient (Wildman–Crippen LogP) is 2.99. The summed E-state index contributed by atoms with van der Waals surface area (Å²) >= 11 is 9.33. The third-order valence-corrected chi connectivity index (χ3v) is 2.40. The van der Waals surface area contributed by atoms with E-state index in [1.807, 2.05) is 25.1 Å².